The number of phenolic OH excluding ortho intramolecular Hbond substituents is 1. The summed E-state index contributed by atoms with van der Waals surface area (Å²) in [6.07, 6.45) is 8.12. The molecule has 5 heteroatoms. The molecule has 3 aromatic rings. The number of methoxy groups -OCH3 is 1. The van der Waals surface area contributed by atoms with E-state index in [1.54, 1.807) is 6.08 Å². The summed E-state index contributed by atoms with van der Waals surface area (Å²) in [5.74, 6) is 1.52. The van der Waals surface area contributed by atoms with Crippen molar-refractivity contribution in [3.8, 4) is 16.9 Å². The van der Waals surface area contributed by atoms with Crippen LogP contribution >= 0.6 is 11.8 Å². The van der Waals surface area contributed by atoms with Gasteiger partial charge in [-0.3, -0.25) is 0 Å². The SMILES string of the molecule is COC(=O)/C=C/c1ccc(-c2ccc(SC3Cc4cc(O)ccc4C4CCC5(C)C(O)CCC5C34)cc2)cc1. The van der Waals surface area contributed by atoms with Crippen molar-refractivity contribution in [3.05, 3.63) is 89.5 Å². The van der Waals surface area contributed by atoms with Crippen LogP contribution in [0.25, 0.3) is 17.2 Å². The quantitative estimate of drug-likeness (QED) is 0.264. The Balaban J connectivity index is 1.24. The van der Waals surface area contributed by atoms with Crippen molar-refractivity contribution in [3.63, 3.8) is 0 Å². The standard InChI is InChI=1S/C34H36O4S/c1-34-18-17-28-27-13-10-25(35)19-24(27)20-30(33(28)29(34)14-15-31(34)36)39-26-11-8-23(9-12-26)22-6-3-21(4-7-22)5-16-32(37)38-2/h3-13,16,19,28-31,33,35-36H,14-15,17-18,20H2,1-2H3/b16-5+. The van der Waals surface area contributed by atoms with Gasteiger partial charge in [0.05, 0.1) is 13.2 Å². The zero-order chi connectivity index (χ0) is 27.1. The highest BCUT2D eigenvalue weighted by molar-refractivity contribution is 8.00. The fourth-order valence-corrected chi connectivity index (χ4v) is 9.01. The fraction of sp³-hybridized carbons (Fsp3) is 0.382. The molecule has 6 unspecified atom stereocenters. The van der Waals surface area contributed by atoms with Crippen LogP contribution in [-0.2, 0) is 16.0 Å². The maximum atomic E-state index is 11.4. The van der Waals surface area contributed by atoms with Gasteiger partial charge >= 0.3 is 5.97 Å². The Bertz CT molecular complexity index is 1380. The summed E-state index contributed by atoms with van der Waals surface area (Å²) in [6.45, 7) is 2.32. The van der Waals surface area contributed by atoms with Crippen LogP contribution in [0, 0.1) is 17.3 Å². The van der Waals surface area contributed by atoms with Crippen molar-refractivity contribution in [2.24, 2.45) is 17.3 Å². The van der Waals surface area contributed by atoms with E-state index in [4.69, 9.17) is 0 Å². The number of benzene rings is 3. The van der Waals surface area contributed by atoms with Crippen molar-refractivity contribution in [2.75, 3.05) is 7.11 Å². The fourth-order valence-electron chi connectivity index (χ4n) is 7.57. The topological polar surface area (TPSA) is 66.8 Å². The molecule has 0 bridgehead atoms. The van der Waals surface area contributed by atoms with Crippen LogP contribution in [0.4, 0.5) is 0 Å². The number of esters is 1. The number of hydrogen-bond acceptors (Lipinski definition) is 5. The minimum absolute atomic E-state index is 0.0104. The molecule has 3 aromatic carbocycles. The van der Waals surface area contributed by atoms with Crippen LogP contribution in [0.15, 0.2) is 77.7 Å². The molecule has 0 aromatic heterocycles. The maximum absolute atomic E-state index is 11.4. The van der Waals surface area contributed by atoms with E-state index in [-0.39, 0.29) is 17.5 Å². The zero-order valence-corrected chi connectivity index (χ0v) is 23.4. The van der Waals surface area contributed by atoms with Gasteiger partial charge in [0.2, 0.25) is 0 Å². The summed E-state index contributed by atoms with van der Waals surface area (Å²) in [5, 5.41) is 21.6. The molecule has 39 heavy (non-hydrogen) atoms. The molecule has 3 aliphatic rings. The Morgan fingerprint density at radius 1 is 1.00 bits per heavy atom. The number of carbonyl (C=O) groups is 1. The maximum Gasteiger partial charge on any atom is 0.330 e. The van der Waals surface area contributed by atoms with E-state index in [1.165, 1.54) is 29.2 Å². The summed E-state index contributed by atoms with van der Waals surface area (Å²) >= 11 is 1.97. The van der Waals surface area contributed by atoms with Gasteiger partial charge in [0.15, 0.2) is 0 Å². The lowest BCUT2D eigenvalue weighted by molar-refractivity contribution is -0.134. The van der Waals surface area contributed by atoms with Crippen molar-refractivity contribution in [2.45, 2.75) is 61.2 Å². The van der Waals surface area contributed by atoms with E-state index in [0.717, 1.165) is 48.8 Å². The van der Waals surface area contributed by atoms with Crippen molar-refractivity contribution in [1.82, 2.24) is 0 Å². The Morgan fingerprint density at radius 3 is 2.44 bits per heavy atom. The van der Waals surface area contributed by atoms with Crippen LogP contribution in [0.3, 0.4) is 0 Å². The smallest absolute Gasteiger partial charge is 0.330 e. The lowest BCUT2D eigenvalue weighted by Crippen LogP contribution is -2.48. The molecule has 6 rings (SSSR count). The highest BCUT2D eigenvalue weighted by atomic mass is 32.2. The zero-order valence-electron chi connectivity index (χ0n) is 22.5. The third kappa shape index (κ3) is 4.92. The van der Waals surface area contributed by atoms with Crippen LogP contribution < -0.4 is 0 Å². The molecule has 202 valence electrons. The van der Waals surface area contributed by atoms with E-state index in [0.29, 0.717) is 28.8 Å². The first-order valence-electron chi connectivity index (χ1n) is 14.0. The number of thioether (sulfide) groups is 1. The average molecular weight is 541 g/mol. The molecule has 0 radical (unpaired) electrons. The lowest BCUT2D eigenvalue weighted by atomic mass is 9.55. The second-order valence-corrected chi connectivity index (χ2v) is 13.0. The number of rotatable bonds is 5. The molecule has 4 nitrogen and oxygen atoms in total. The van der Waals surface area contributed by atoms with Gasteiger partial charge in [-0.25, -0.2) is 4.79 Å². The predicted octanol–water partition coefficient (Wildman–Crippen LogP) is 7.23. The molecule has 2 fully saturated rings. The molecule has 6 atom stereocenters. The second-order valence-electron chi connectivity index (χ2n) is 11.7. The van der Waals surface area contributed by atoms with E-state index in [2.05, 4.69) is 54.1 Å². The highest BCUT2D eigenvalue weighted by Crippen LogP contribution is 2.62. The van der Waals surface area contributed by atoms with E-state index < -0.39 is 0 Å². The third-order valence-corrected chi connectivity index (χ3v) is 11.0. The van der Waals surface area contributed by atoms with Gasteiger partial charge in [-0.2, -0.15) is 0 Å². The molecule has 0 spiro atoms. The lowest BCUT2D eigenvalue weighted by Gasteiger charge is -2.52. The number of aliphatic hydroxyl groups excluding tert-OH is 1. The Hall–Kier alpha value is -3.02. The Labute approximate surface area is 235 Å². The number of aromatic hydroxyl groups is 1. The largest absolute Gasteiger partial charge is 0.508 e. The molecule has 0 saturated heterocycles. The minimum Gasteiger partial charge on any atom is -0.508 e. The summed E-state index contributed by atoms with van der Waals surface area (Å²) in [4.78, 5) is 12.6. The minimum atomic E-state index is -0.362. The molecule has 0 aliphatic heterocycles. The average Bonchev–Trinajstić information content (AvgIpc) is 3.26. The third-order valence-electron chi connectivity index (χ3n) is 9.66. The monoisotopic (exact) mass is 540 g/mol. The van der Waals surface area contributed by atoms with E-state index in [1.807, 2.05) is 36.0 Å². The summed E-state index contributed by atoms with van der Waals surface area (Å²) in [7, 11) is 1.37. The number of carbonyl (C=O) groups excluding carboxylic acids is 1. The highest BCUT2D eigenvalue weighted by Gasteiger charge is 2.56. The van der Waals surface area contributed by atoms with Crippen LogP contribution in [0.1, 0.15) is 55.2 Å². The van der Waals surface area contributed by atoms with E-state index in [9.17, 15) is 15.0 Å². The van der Waals surface area contributed by atoms with Gasteiger partial charge in [0.1, 0.15) is 5.75 Å². The van der Waals surface area contributed by atoms with E-state index >= 15 is 0 Å². The predicted molar refractivity (Wildman–Crippen MR) is 157 cm³/mol. The molecule has 2 saturated carbocycles. The molecular formula is C34H36O4S. The van der Waals surface area contributed by atoms with Crippen molar-refractivity contribution in [1.29, 1.82) is 0 Å². The summed E-state index contributed by atoms with van der Waals surface area (Å²) in [6, 6.07) is 23.0. The van der Waals surface area contributed by atoms with Crippen LogP contribution in [0.5, 0.6) is 5.75 Å². The van der Waals surface area contributed by atoms with Gasteiger partial charge in [0.25, 0.3) is 0 Å². The van der Waals surface area contributed by atoms with Crippen LogP contribution in [0.2, 0.25) is 0 Å². The number of hydrogen-bond donors (Lipinski definition) is 2. The van der Waals surface area contributed by atoms with Gasteiger partial charge < -0.3 is 14.9 Å². The summed E-state index contributed by atoms with van der Waals surface area (Å²) in [5.41, 5.74) is 5.95. The van der Waals surface area contributed by atoms with Crippen molar-refractivity contribution >= 4 is 23.8 Å². The summed E-state index contributed by atoms with van der Waals surface area (Å²) < 4.78 is 4.66. The number of phenols is 1. The normalized spacial score (nSPS) is 29.5. The number of ether oxygens (including phenoxy) is 1. The van der Waals surface area contributed by atoms with Gasteiger partial charge in [-0.15, -0.1) is 11.8 Å². The first kappa shape index (κ1) is 26.2. The Morgan fingerprint density at radius 2 is 1.72 bits per heavy atom. The number of fused-ring (bicyclic) bond motifs is 5. The van der Waals surface area contributed by atoms with Gasteiger partial charge in [-0.1, -0.05) is 49.4 Å². The molecular weight excluding hydrogens is 504 g/mol. The number of aliphatic hydroxyl groups is 1. The molecule has 0 amide bonds. The molecule has 0 heterocycles. The Kier molecular flexibility index (Phi) is 7.07. The van der Waals surface area contributed by atoms with Crippen LogP contribution in [-0.4, -0.2) is 34.6 Å². The van der Waals surface area contributed by atoms with Gasteiger partial charge in [0, 0.05) is 16.2 Å². The van der Waals surface area contributed by atoms with Gasteiger partial charge in [-0.05, 0) is 113 Å². The molecule has 3 aliphatic carbocycles. The second kappa shape index (κ2) is 10.5. The molecule has 2 N–H and O–H groups in total. The first-order chi connectivity index (χ1) is 18.9. The first-order valence-corrected chi connectivity index (χ1v) is 14.9. The van der Waals surface area contributed by atoms with Crippen molar-refractivity contribution < 1.29 is 19.7 Å².